The summed E-state index contributed by atoms with van der Waals surface area (Å²) in [5.41, 5.74) is 0.982. The highest BCUT2D eigenvalue weighted by molar-refractivity contribution is 7.99. The van der Waals surface area contributed by atoms with E-state index in [1.54, 1.807) is 24.2 Å². The molecule has 5 heteroatoms. The normalized spacial score (nSPS) is 12.3. The third kappa shape index (κ3) is 4.78. The fourth-order valence-electron chi connectivity index (χ4n) is 1.79. The van der Waals surface area contributed by atoms with Gasteiger partial charge in [-0.15, -0.1) is 11.8 Å². The van der Waals surface area contributed by atoms with Crippen LogP contribution in [0.3, 0.4) is 0 Å². The molecule has 20 heavy (non-hydrogen) atoms. The minimum Gasteiger partial charge on any atom is -0.308 e. The summed E-state index contributed by atoms with van der Waals surface area (Å²) in [6, 6.07) is 8.12. The van der Waals surface area contributed by atoms with Crippen LogP contribution in [-0.4, -0.2) is 22.3 Å². The van der Waals surface area contributed by atoms with E-state index in [2.05, 4.69) is 28.3 Å². The Labute approximate surface area is 129 Å². The molecule has 106 valence electrons. The molecule has 2 aromatic rings. The Hall–Kier alpha value is -1.10. The van der Waals surface area contributed by atoms with Crippen LogP contribution in [0.25, 0.3) is 0 Å². The van der Waals surface area contributed by atoms with Gasteiger partial charge in [0.15, 0.2) is 0 Å². The first-order chi connectivity index (χ1) is 9.79. The second kappa shape index (κ2) is 8.25. The largest absolute Gasteiger partial charge is 0.308 e. The lowest BCUT2D eigenvalue weighted by Crippen LogP contribution is -2.25. The average molecular weight is 308 g/mol. The van der Waals surface area contributed by atoms with Crippen molar-refractivity contribution < 1.29 is 0 Å². The highest BCUT2D eigenvalue weighted by Crippen LogP contribution is 2.25. The number of hydrogen-bond donors (Lipinski definition) is 1. The van der Waals surface area contributed by atoms with Crippen LogP contribution >= 0.6 is 23.4 Å². The number of halogens is 1. The van der Waals surface area contributed by atoms with E-state index < -0.39 is 0 Å². The maximum absolute atomic E-state index is 6.01. The molecule has 0 radical (unpaired) electrons. The molecule has 0 saturated heterocycles. The van der Waals surface area contributed by atoms with Crippen molar-refractivity contribution in [2.75, 3.05) is 12.3 Å². The molecule has 1 aromatic heterocycles. The molecule has 1 aromatic carbocycles. The van der Waals surface area contributed by atoms with E-state index in [4.69, 9.17) is 11.6 Å². The second-order valence-corrected chi connectivity index (χ2v) is 5.94. The molecule has 2 rings (SSSR count). The van der Waals surface area contributed by atoms with Crippen molar-refractivity contribution in [2.24, 2.45) is 0 Å². The third-order valence-electron chi connectivity index (χ3n) is 2.79. The number of nitrogens with one attached hydrogen (secondary N) is 1. The summed E-state index contributed by atoms with van der Waals surface area (Å²) in [4.78, 5) is 9.72. The molecule has 1 N–H and O–H groups in total. The van der Waals surface area contributed by atoms with E-state index in [1.165, 1.54) is 4.90 Å². The van der Waals surface area contributed by atoms with Gasteiger partial charge in [-0.1, -0.05) is 24.6 Å². The Balaban J connectivity index is 2.01. The first-order valence-electron chi connectivity index (χ1n) is 6.67. The first-order valence-corrected chi connectivity index (χ1v) is 8.03. The summed E-state index contributed by atoms with van der Waals surface area (Å²) in [6.45, 7) is 3.13. The predicted molar refractivity (Wildman–Crippen MR) is 85.2 cm³/mol. The monoisotopic (exact) mass is 307 g/mol. The fourth-order valence-corrected chi connectivity index (χ4v) is 3.08. The SMILES string of the molecule is CCCNC(CSc1cccc(Cl)c1)c1cnccn1. The van der Waals surface area contributed by atoms with E-state index >= 15 is 0 Å². The predicted octanol–water partition coefficient (Wildman–Crippen LogP) is 3.96. The molecule has 1 unspecified atom stereocenters. The maximum Gasteiger partial charge on any atom is 0.0764 e. The smallest absolute Gasteiger partial charge is 0.0764 e. The Morgan fingerprint density at radius 1 is 1.35 bits per heavy atom. The van der Waals surface area contributed by atoms with Gasteiger partial charge in [-0.2, -0.15) is 0 Å². The summed E-state index contributed by atoms with van der Waals surface area (Å²) < 4.78 is 0. The van der Waals surface area contributed by atoms with E-state index in [0.29, 0.717) is 0 Å². The zero-order valence-electron chi connectivity index (χ0n) is 11.4. The van der Waals surface area contributed by atoms with Crippen molar-refractivity contribution in [1.82, 2.24) is 15.3 Å². The van der Waals surface area contributed by atoms with E-state index in [0.717, 1.165) is 29.4 Å². The number of thioether (sulfide) groups is 1. The zero-order chi connectivity index (χ0) is 14.2. The van der Waals surface area contributed by atoms with Gasteiger partial charge in [0.25, 0.3) is 0 Å². The topological polar surface area (TPSA) is 37.8 Å². The van der Waals surface area contributed by atoms with Gasteiger partial charge in [-0.05, 0) is 31.2 Å². The van der Waals surface area contributed by atoms with Gasteiger partial charge in [-0.3, -0.25) is 9.97 Å². The molecular weight excluding hydrogens is 290 g/mol. The van der Waals surface area contributed by atoms with Gasteiger partial charge >= 0.3 is 0 Å². The van der Waals surface area contributed by atoms with Crippen LogP contribution in [0.4, 0.5) is 0 Å². The van der Waals surface area contributed by atoms with Crippen molar-refractivity contribution in [1.29, 1.82) is 0 Å². The highest BCUT2D eigenvalue weighted by atomic mass is 35.5. The number of aromatic nitrogens is 2. The number of benzene rings is 1. The zero-order valence-corrected chi connectivity index (χ0v) is 13.0. The molecular formula is C15H18ClN3S. The molecule has 0 spiro atoms. The van der Waals surface area contributed by atoms with Crippen LogP contribution in [0.1, 0.15) is 25.1 Å². The molecule has 0 bridgehead atoms. The second-order valence-electron chi connectivity index (χ2n) is 4.41. The summed E-state index contributed by atoms with van der Waals surface area (Å²) in [6.07, 6.45) is 6.36. The minimum absolute atomic E-state index is 0.202. The molecule has 0 aliphatic heterocycles. The molecule has 0 saturated carbocycles. The Morgan fingerprint density at radius 3 is 2.95 bits per heavy atom. The van der Waals surface area contributed by atoms with Crippen LogP contribution in [0.5, 0.6) is 0 Å². The van der Waals surface area contributed by atoms with E-state index in [-0.39, 0.29) is 6.04 Å². The third-order valence-corrected chi connectivity index (χ3v) is 4.12. The van der Waals surface area contributed by atoms with Crippen molar-refractivity contribution in [2.45, 2.75) is 24.3 Å². The van der Waals surface area contributed by atoms with Gasteiger partial charge in [-0.25, -0.2) is 0 Å². The standard InChI is InChI=1S/C15H18ClN3S/c1-2-6-18-15(14-10-17-7-8-19-14)11-20-13-5-3-4-12(16)9-13/h3-5,7-10,15,18H,2,6,11H2,1H3. The molecule has 1 atom stereocenters. The van der Waals surface area contributed by atoms with Gasteiger partial charge in [0, 0.05) is 34.3 Å². The lowest BCUT2D eigenvalue weighted by Gasteiger charge is -2.17. The lowest BCUT2D eigenvalue weighted by atomic mass is 10.2. The maximum atomic E-state index is 6.01. The van der Waals surface area contributed by atoms with Crippen LogP contribution < -0.4 is 5.32 Å². The van der Waals surface area contributed by atoms with E-state index in [1.807, 2.05) is 24.4 Å². The van der Waals surface area contributed by atoms with Crippen LogP contribution in [0, 0.1) is 0 Å². The minimum atomic E-state index is 0.202. The number of hydrogen-bond acceptors (Lipinski definition) is 4. The van der Waals surface area contributed by atoms with E-state index in [9.17, 15) is 0 Å². The average Bonchev–Trinajstić information content (AvgIpc) is 2.48. The highest BCUT2D eigenvalue weighted by Gasteiger charge is 2.12. The molecule has 0 aliphatic rings. The summed E-state index contributed by atoms with van der Waals surface area (Å²) in [7, 11) is 0. The Bertz CT molecular complexity index is 522. The Morgan fingerprint density at radius 2 is 2.25 bits per heavy atom. The van der Waals surface area contributed by atoms with Crippen molar-refractivity contribution in [3.8, 4) is 0 Å². The van der Waals surface area contributed by atoms with Gasteiger partial charge in [0.2, 0.25) is 0 Å². The van der Waals surface area contributed by atoms with Crippen LogP contribution in [0.15, 0.2) is 47.8 Å². The molecule has 1 heterocycles. The summed E-state index contributed by atoms with van der Waals surface area (Å²) >= 11 is 7.78. The quantitative estimate of drug-likeness (QED) is 0.786. The summed E-state index contributed by atoms with van der Waals surface area (Å²) in [5.74, 6) is 0.902. The van der Waals surface area contributed by atoms with Crippen molar-refractivity contribution in [3.05, 3.63) is 53.6 Å². The first kappa shape index (κ1) is 15.3. The number of rotatable bonds is 7. The van der Waals surface area contributed by atoms with Gasteiger partial charge < -0.3 is 5.32 Å². The van der Waals surface area contributed by atoms with Crippen LogP contribution in [-0.2, 0) is 0 Å². The molecule has 0 amide bonds. The fraction of sp³-hybridized carbons (Fsp3) is 0.333. The molecule has 3 nitrogen and oxygen atoms in total. The number of nitrogens with zero attached hydrogens (tertiary/aromatic N) is 2. The van der Waals surface area contributed by atoms with Gasteiger partial charge in [0.05, 0.1) is 11.7 Å². The van der Waals surface area contributed by atoms with Crippen molar-refractivity contribution >= 4 is 23.4 Å². The van der Waals surface area contributed by atoms with Gasteiger partial charge in [0.1, 0.15) is 0 Å². The molecule has 0 aliphatic carbocycles. The lowest BCUT2D eigenvalue weighted by molar-refractivity contribution is 0.563. The summed E-state index contributed by atoms with van der Waals surface area (Å²) in [5, 5.41) is 4.29. The molecule has 0 fully saturated rings. The van der Waals surface area contributed by atoms with Crippen molar-refractivity contribution in [3.63, 3.8) is 0 Å². The Kier molecular flexibility index (Phi) is 6.30. The van der Waals surface area contributed by atoms with Crippen LogP contribution in [0.2, 0.25) is 5.02 Å².